The van der Waals surface area contributed by atoms with Crippen LogP contribution in [0.2, 0.25) is 0 Å². The molecule has 2 aliphatic heterocycles. The summed E-state index contributed by atoms with van der Waals surface area (Å²) < 4.78 is 37.2. The molecule has 8 heteroatoms. The summed E-state index contributed by atoms with van der Waals surface area (Å²) in [5, 5.41) is 17.3. The molecular weight excluding hydrogens is 339 g/mol. The number of ether oxygens (including phenoxy) is 1. The highest BCUT2D eigenvalue weighted by Crippen LogP contribution is 2.27. The highest BCUT2D eigenvalue weighted by molar-refractivity contribution is 5.73. The highest BCUT2D eigenvalue weighted by Gasteiger charge is 2.39. The molecule has 0 spiro atoms. The standard InChI is InChI=1S/C15H21NO2.C2HF3O2/c17-15-6-8-16(13-7-9-18-11-13)14(15)10-12-4-2-1-3-5-12;3-2(4,5)1(6)7/h1-5,13-15,17H,6-11H2;(H,6,7)/t13?,14-,15-;/m0./s1. The van der Waals surface area contributed by atoms with E-state index in [9.17, 15) is 18.3 Å². The zero-order valence-corrected chi connectivity index (χ0v) is 13.7. The molecule has 1 unspecified atom stereocenters. The lowest BCUT2D eigenvalue weighted by molar-refractivity contribution is -0.192. The zero-order valence-electron chi connectivity index (χ0n) is 13.7. The molecule has 1 aromatic carbocycles. The molecule has 5 nitrogen and oxygen atoms in total. The summed E-state index contributed by atoms with van der Waals surface area (Å²) in [6.45, 7) is 2.71. The van der Waals surface area contributed by atoms with E-state index in [4.69, 9.17) is 14.6 Å². The fourth-order valence-electron chi connectivity index (χ4n) is 3.21. The van der Waals surface area contributed by atoms with E-state index in [1.807, 2.05) is 6.07 Å². The lowest BCUT2D eigenvalue weighted by Crippen LogP contribution is -2.44. The number of carboxylic acids is 1. The van der Waals surface area contributed by atoms with Crippen LogP contribution in [0.1, 0.15) is 18.4 Å². The number of aliphatic hydroxyl groups excluding tert-OH is 1. The molecule has 2 N–H and O–H groups in total. The third-order valence-corrected chi connectivity index (χ3v) is 4.46. The molecule has 0 aliphatic carbocycles. The van der Waals surface area contributed by atoms with Crippen molar-refractivity contribution in [1.82, 2.24) is 4.90 Å². The van der Waals surface area contributed by atoms with Gasteiger partial charge in [0.05, 0.1) is 12.7 Å². The van der Waals surface area contributed by atoms with Crippen molar-refractivity contribution in [3.63, 3.8) is 0 Å². The molecule has 0 aromatic heterocycles. The van der Waals surface area contributed by atoms with Crippen molar-refractivity contribution < 1.29 is 32.9 Å². The summed E-state index contributed by atoms with van der Waals surface area (Å²) in [4.78, 5) is 11.4. The van der Waals surface area contributed by atoms with Crippen molar-refractivity contribution in [2.24, 2.45) is 0 Å². The maximum atomic E-state index is 10.6. The number of hydrogen-bond acceptors (Lipinski definition) is 4. The topological polar surface area (TPSA) is 70.0 Å². The minimum absolute atomic E-state index is 0.189. The van der Waals surface area contributed by atoms with Gasteiger partial charge in [-0.15, -0.1) is 0 Å². The van der Waals surface area contributed by atoms with Crippen LogP contribution in [0.5, 0.6) is 0 Å². The van der Waals surface area contributed by atoms with Gasteiger partial charge in [-0.3, -0.25) is 4.90 Å². The number of aliphatic carboxylic acids is 1. The minimum atomic E-state index is -5.08. The molecule has 2 heterocycles. The molecule has 0 radical (unpaired) electrons. The first kappa shape index (κ1) is 19.7. The summed E-state index contributed by atoms with van der Waals surface area (Å²) in [7, 11) is 0. The Hall–Kier alpha value is -1.64. The average molecular weight is 361 g/mol. The number of aliphatic hydroxyl groups is 1. The van der Waals surface area contributed by atoms with Crippen LogP contribution in [0.25, 0.3) is 0 Å². The molecule has 2 aliphatic rings. The van der Waals surface area contributed by atoms with Crippen LogP contribution in [-0.4, -0.2) is 65.2 Å². The Balaban J connectivity index is 0.000000277. The van der Waals surface area contributed by atoms with Gasteiger partial charge in [0.15, 0.2) is 0 Å². The summed E-state index contributed by atoms with van der Waals surface area (Å²) >= 11 is 0. The Morgan fingerprint density at radius 2 is 1.88 bits per heavy atom. The number of nitrogens with zero attached hydrogens (tertiary/aromatic N) is 1. The lowest BCUT2D eigenvalue weighted by atomic mass is 10.0. The number of hydrogen-bond donors (Lipinski definition) is 2. The van der Waals surface area contributed by atoms with Gasteiger partial charge in [-0.1, -0.05) is 30.3 Å². The van der Waals surface area contributed by atoms with Crippen molar-refractivity contribution in [2.45, 2.75) is 43.6 Å². The van der Waals surface area contributed by atoms with E-state index < -0.39 is 12.1 Å². The normalized spacial score (nSPS) is 27.0. The first-order valence-electron chi connectivity index (χ1n) is 8.14. The van der Waals surface area contributed by atoms with Gasteiger partial charge in [0, 0.05) is 25.2 Å². The Morgan fingerprint density at radius 1 is 1.24 bits per heavy atom. The monoisotopic (exact) mass is 361 g/mol. The fraction of sp³-hybridized carbons (Fsp3) is 0.588. The molecule has 2 fully saturated rings. The molecule has 3 atom stereocenters. The minimum Gasteiger partial charge on any atom is -0.475 e. The SMILES string of the molecule is O=C(O)C(F)(F)F.O[C@H]1CCN(C2CCOC2)[C@H]1Cc1ccccc1. The van der Waals surface area contributed by atoms with E-state index in [2.05, 4.69) is 29.2 Å². The van der Waals surface area contributed by atoms with Crippen molar-refractivity contribution >= 4 is 5.97 Å². The Morgan fingerprint density at radius 3 is 2.40 bits per heavy atom. The van der Waals surface area contributed by atoms with Crippen molar-refractivity contribution in [2.75, 3.05) is 19.8 Å². The number of benzene rings is 1. The molecule has 140 valence electrons. The van der Waals surface area contributed by atoms with Gasteiger partial charge in [0.1, 0.15) is 0 Å². The molecule has 25 heavy (non-hydrogen) atoms. The fourth-order valence-corrected chi connectivity index (χ4v) is 3.21. The highest BCUT2D eigenvalue weighted by atomic mass is 19.4. The van der Waals surface area contributed by atoms with Crippen molar-refractivity contribution in [3.05, 3.63) is 35.9 Å². The van der Waals surface area contributed by atoms with E-state index >= 15 is 0 Å². The van der Waals surface area contributed by atoms with Gasteiger partial charge in [0.25, 0.3) is 0 Å². The second-order valence-electron chi connectivity index (χ2n) is 6.17. The summed E-state index contributed by atoms with van der Waals surface area (Å²) in [6.07, 6.45) is -2.32. The molecule has 1 aromatic rings. The quantitative estimate of drug-likeness (QED) is 0.863. The predicted octanol–water partition coefficient (Wildman–Crippen LogP) is 2.09. The van der Waals surface area contributed by atoms with Gasteiger partial charge in [-0.25, -0.2) is 4.79 Å². The van der Waals surface area contributed by atoms with Crippen LogP contribution in [-0.2, 0) is 16.0 Å². The van der Waals surface area contributed by atoms with E-state index in [1.165, 1.54) is 5.56 Å². The van der Waals surface area contributed by atoms with Gasteiger partial charge in [-0.05, 0) is 24.8 Å². The number of alkyl halides is 3. The van der Waals surface area contributed by atoms with Crippen molar-refractivity contribution in [1.29, 1.82) is 0 Å². The maximum absolute atomic E-state index is 10.6. The van der Waals surface area contributed by atoms with Gasteiger partial charge >= 0.3 is 12.1 Å². The van der Waals surface area contributed by atoms with Gasteiger partial charge in [-0.2, -0.15) is 13.2 Å². The number of halogens is 3. The van der Waals surface area contributed by atoms with Crippen LogP contribution in [0.3, 0.4) is 0 Å². The van der Waals surface area contributed by atoms with Crippen LogP contribution < -0.4 is 0 Å². The van der Waals surface area contributed by atoms with E-state index in [0.29, 0.717) is 6.04 Å². The average Bonchev–Trinajstić information content (AvgIpc) is 3.19. The second kappa shape index (κ2) is 8.64. The maximum Gasteiger partial charge on any atom is 0.490 e. The molecule has 2 saturated heterocycles. The van der Waals surface area contributed by atoms with Crippen LogP contribution in [0.4, 0.5) is 13.2 Å². The lowest BCUT2D eigenvalue weighted by Gasteiger charge is -2.30. The Labute approximate surface area is 144 Å². The molecule has 0 amide bonds. The third-order valence-electron chi connectivity index (χ3n) is 4.46. The molecule has 0 saturated carbocycles. The van der Waals surface area contributed by atoms with Gasteiger partial charge < -0.3 is 14.9 Å². The number of carbonyl (C=O) groups is 1. The Kier molecular flexibility index (Phi) is 6.80. The first-order valence-corrected chi connectivity index (χ1v) is 8.14. The van der Waals surface area contributed by atoms with Crippen molar-refractivity contribution in [3.8, 4) is 0 Å². The zero-order chi connectivity index (χ0) is 18.4. The molecule has 0 bridgehead atoms. The second-order valence-corrected chi connectivity index (χ2v) is 6.17. The summed E-state index contributed by atoms with van der Waals surface area (Å²) in [6, 6.07) is 11.2. The number of rotatable bonds is 3. The van der Waals surface area contributed by atoms with E-state index in [1.54, 1.807) is 0 Å². The van der Waals surface area contributed by atoms with Crippen LogP contribution >= 0.6 is 0 Å². The molecular formula is C17H22F3NO4. The van der Waals surface area contributed by atoms with Gasteiger partial charge in [0.2, 0.25) is 0 Å². The number of carboxylic acid groups (broad SMARTS) is 1. The smallest absolute Gasteiger partial charge is 0.475 e. The largest absolute Gasteiger partial charge is 0.490 e. The molecule has 3 rings (SSSR count). The summed E-state index contributed by atoms with van der Waals surface area (Å²) in [5.74, 6) is -2.76. The van der Waals surface area contributed by atoms with E-state index in [0.717, 1.165) is 39.0 Å². The Bertz CT molecular complexity index is 547. The van der Waals surface area contributed by atoms with E-state index in [-0.39, 0.29) is 12.1 Å². The van der Waals surface area contributed by atoms with Crippen LogP contribution in [0.15, 0.2) is 30.3 Å². The summed E-state index contributed by atoms with van der Waals surface area (Å²) in [5.41, 5.74) is 1.31. The first-order chi connectivity index (χ1) is 11.8. The number of likely N-dealkylation sites (tertiary alicyclic amines) is 1. The van der Waals surface area contributed by atoms with Crippen LogP contribution in [0, 0.1) is 0 Å². The predicted molar refractivity (Wildman–Crippen MR) is 84.2 cm³/mol. The third kappa shape index (κ3) is 5.69.